The van der Waals surface area contributed by atoms with Crippen LogP contribution in [0.1, 0.15) is 46.4 Å². The Hall–Kier alpha value is -3.15. The Morgan fingerprint density at radius 2 is 1.93 bits per heavy atom. The second kappa shape index (κ2) is 7.84. The van der Waals surface area contributed by atoms with Gasteiger partial charge in [-0.1, -0.05) is 43.3 Å². The van der Waals surface area contributed by atoms with E-state index >= 15 is 0 Å². The number of carbonyl (C=O) groups is 2. The molecule has 1 unspecified atom stereocenters. The smallest absolute Gasteiger partial charge is 0.287 e. The molecule has 1 aromatic carbocycles. The largest absolute Gasteiger partial charge is 0.345 e. The molecule has 0 spiro atoms. The maximum atomic E-state index is 13.1. The van der Waals surface area contributed by atoms with Crippen molar-refractivity contribution in [1.29, 1.82) is 0 Å². The standard InChI is InChI=1S/C22H24N4O2/c1-16-8-7-12-25(15-16)22(28)19-18-11-5-6-13-26(18)20(24-19)21(27)23-14-17-9-3-2-4-10-17/h2-6,9-11,13,16H,7-8,12,14-15H2,1H3,(H,23,27). The zero-order chi connectivity index (χ0) is 19.5. The molecule has 1 saturated heterocycles. The maximum absolute atomic E-state index is 13.1. The number of pyridine rings is 1. The van der Waals surface area contributed by atoms with Crippen LogP contribution in [0, 0.1) is 5.92 Å². The fourth-order valence-corrected chi connectivity index (χ4v) is 3.74. The van der Waals surface area contributed by atoms with Crippen LogP contribution in [0.15, 0.2) is 54.7 Å². The lowest BCUT2D eigenvalue weighted by atomic mass is 10.00. The van der Waals surface area contributed by atoms with E-state index in [-0.39, 0.29) is 17.6 Å². The molecule has 1 N–H and O–H groups in total. The van der Waals surface area contributed by atoms with E-state index in [9.17, 15) is 9.59 Å². The number of likely N-dealkylation sites (tertiary alicyclic amines) is 1. The number of nitrogens with one attached hydrogen (secondary N) is 1. The average molecular weight is 376 g/mol. The zero-order valence-corrected chi connectivity index (χ0v) is 16.0. The van der Waals surface area contributed by atoms with Gasteiger partial charge in [-0.2, -0.15) is 0 Å². The number of fused-ring (bicyclic) bond motifs is 1. The first kappa shape index (κ1) is 18.2. The van der Waals surface area contributed by atoms with Crippen molar-refractivity contribution in [3.05, 3.63) is 71.8 Å². The number of carbonyl (C=O) groups excluding carboxylic acids is 2. The quantitative estimate of drug-likeness (QED) is 0.761. The molecule has 3 aromatic rings. The third-order valence-electron chi connectivity index (χ3n) is 5.19. The van der Waals surface area contributed by atoms with Crippen molar-refractivity contribution in [1.82, 2.24) is 19.6 Å². The van der Waals surface area contributed by atoms with E-state index in [4.69, 9.17) is 0 Å². The molecule has 1 fully saturated rings. The van der Waals surface area contributed by atoms with Gasteiger partial charge in [-0.15, -0.1) is 0 Å². The van der Waals surface area contributed by atoms with Gasteiger partial charge in [0.25, 0.3) is 11.8 Å². The van der Waals surface area contributed by atoms with Crippen LogP contribution in [-0.2, 0) is 6.54 Å². The summed E-state index contributed by atoms with van der Waals surface area (Å²) in [6, 6.07) is 15.2. The number of imidazole rings is 1. The molecule has 1 atom stereocenters. The lowest BCUT2D eigenvalue weighted by Crippen LogP contribution is -2.39. The number of benzene rings is 1. The molecular formula is C22H24N4O2. The van der Waals surface area contributed by atoms with Crippen molar-refractivity contribution in [3.8, 4) is 0 Å². The Labute approximate surface area is 164 Å². The molecule has 0 radical (unpaired) electrons. The van der Waals surface area contributed by atoms with Gasteiger partial charge >= 0.3 is 0 Å². The summed E-state index contributed by atoms with van der Waals surface area (Å²) < 4.78 is 1.70. The number of nitrogens with zero attached hydrogens (tertiary/aromatic N) is 3. The van der Waals surface area contributed by atoms with Crippen LogP contribution < -0.4 is 5.32 Å². The molecule has 1 aliphatic heterocycles. The highest BCUT2D eigenvalue weighted by Gasteiger charge is 2.27. The van der Waals surface area contributed by atoms with Crippen molar-refractivity contribution >= 4 is 17.3 Å². The van der Waals surface area contributed by atoms with E-state index in [2.05, 4.69) is 17.2 Å². The fraction of sp³-hybridized carbons (Fsp3) is 0.318. The summed E-state index contributed by atoms with van der Waals surface area (Å²) in [7, 11) is 0. The van der Waals surface area contributed by atoms with E-state index in [1.165, 1.54) is 0 Å². The molecule has 6 nitrogen and oxygen atoms in total. The van der Waals surface area contributed by atoms with E-state index in [1.54, 1.807) is 10.6 Å². The summed E-state index contributed by atoms with van der Waals surface area (Å²) in [6.07, 6.45) is 3.92. The van der Waals surface area contributed by atoms with Crippen LogP contribution in [0.5, 0.6) is 0 Å². The van der Waals surface area contributed by atoms with Crippen molar-refractivity contribution in [2.75, 3.05) is 13.1 Å². The van der Waals surface area contributed by atoms with Crippen LogP contribution in [0.2, 0.25) is 0 Å². The summed E-state index contributed by atoms with van der Waals surface area (Å²) >= 11 is 0. The number of hydrogen-bond acceptors (Lipinski definition) is 3. The molecule has 28 heavy (non-hydrogen) atoms. The number of amides is 2. The van der Waals surface area contributed by atoms with Crippen molar-refractivity contribution in [3.63, 3.8) is 0 Å². The van der Waals surface area contributed by atoms with Gasteiger partial charge in [0.2, 0.25) is 5.82 Å². The Kier molecular flexibility index (Phi) is 5.10. The lowest BCUT2D eigenvalue weighted by molar-refractivity contribution is 0.0679. The second-order valence-corrected chi connectivity index (χ2v) is 7.41. The molecule has 0 aliphatic carbocycles. The first-order valence-electron chi connectivity index (χ1n) is 9.72. The van der Waals surface area contributed by atoms with E-state index in [0.29, 0.717) is 23.7 Å². The molecule has 0 bridgehead atoms. The van der Waals surface area contributed by atoms with Gasteiger partial charge < -0.3 is 10.2 Å². The van der Waals surface area contributed by atoms with Crippen LogP contribution >= 0.6 is 0 Å². The molecule has 144 valence electrons. The molecule has 1 aliphatic rings. The summed E-state index contributed by atoms with van der Waals surface area (Å²) in [5.41, 5.74) is 2.02. The molecular weight excluding hydrogens is 352 g/mol. The Balaban J connectivity index is 1.61. The highest BCUT2D eigenvalue weighted by atomic mass is 16.2. The summed E-state index contributed by atoms with van der Waals surface area (Å²) in [5.74, 6) is 0.327. The number of aromatic nitrogens is 2. The third kappa shape index (κ3) is 3.63. The molecule has 2 aromatic heterocycles. The van der Waals surface area contributed by atoms with Gasteiger partial charge in [-0.25, -0.2) is 4.98 Å². The van der Waals surface area contributed by atoms with Gasteiger partial charge in [-0.3, -0.25) is 14.0 Å². The minimum absolute atomic E-state index is 0.0997. The third-order valence-corrected chi connectivity index (χ3v) is 5.19. The van der Waals surface area contributed by atoms with Crippen molar-refractivity contribution in [2.45, 2.75) is 26.3 Å². The molecule has 0 saturated carbocycles. The van der Waals surface area contributed by atoms with Gasteiger partial charge in [0.1, 0.15) is 0 Å². The minimum Gasteiger partial charge on any atom is -0.345 e. The monoisotopic (exact) mass is 376 g/mol. The van der Waals surface area contributed by atoms with Crippen LogP contribution in [0.4, 0.5) is 0 Å². The average Bonchev–Trinajstić information content (AvgIpc) is 3.12. The predicted octanol–water partition coefficient (Wildman–Crippen LogP) is 3.14. The molecule has 4 rings (SSSR count). The second-order valence-electron chi connectivity index (χ2n) is 7.41. The normalized spacial score (nSPS) is 16.9. The van der Waals surface area contributed by atoms with Gasteiger partial charge in [0.15, 0.2) is 5.69 Å². The predicted molar refractivity (Wildman–Crippen MR) is 107 cm³/mol. The van der Waals surface area contributed by atoms with Crippen LogP contribution in [0.3, 0.4) is 0 Å². The first-order chi connectivity index (χ1) is 13.6. The van der Waals surface area contributed by atoms with Crippen LogP contribution in [0.25, 0.3) is 5.52 Å². The van der Waals surface area contributed by atoms with E-state index in [0.717, 1.165) is 31.5 Å². The Bertz CT molecular complexity index is 996. The van der Waals surface area contributed by atoms with Crippen LogP contribution in [-0.4, -0.2) is 39.2 Å². The van der Waals surface area contributed by atoms with Crippen molar-refractivity contribution < 1.29 is 9.59 Å². The SMILES string of the molecule is CC1CCCN(C(=O)c2nc(C(=O)NCc3ccccc3)n3ccccc23)C1. The Morgan fingerprint density at radius 3 is 2.71 bits per heavy atom. The van der Waals surface area contributed by atoms with Gasteiger partial charge in [-0.05, 0) is 36.5 Å². The fourth-order valence-electron chi connectivity index (χ4n) is 3.74. The van der Waals surface area contributed by atoms with E-state index < -0.39 is 0 Å². The van der Waals surface area contributed by atoms with E-state index in [1.807, 2.05) is 53.4 Å². The highest BCUT2D eigenvalue weighted by Crippen LogP contribution is 2.21. The molecule has 2 amide bonds. The maximum Gasteiger partial charge on any atom is 0.287 e. The first-order valence-corrected chi connectivity index (χ1v) is 9.72. The zero-order valence-electron chi connectivity index (χ0n) is 16.0. The Morgan fingerprint density at radius 1 is 1.14 bits per heavy atom. The number of piperidine rings is 1. The summed E-state index contributed by atoms with van der Waals surface area (Å²) in [6.45, 7) is 4.05. The number of hydrogen-bond donors (Lipinski definition) is 1. The minimum atomic E-state index is -0.295. The summed E-state index contributed by atoms with van der Waals surface area (Å²) in [5, 5.41) is 2.90. The summed E-state index contributed by atoms with van der Waals surface area (Å²) in [4.78, 5) is 32.2. The number of rotatable bonds is 4. The van der Waals surface area contributed by atoms with Gasteiger partial charge in [0, 0.05) is 25.8 Å². The van der Waals surface area contributed by atoms with Gasteiger partial charge in [0.05, 0.1) is 5.52 Å². The topological polar surface area (TPSA) is 66.7 Å². The molecule has 3 heterocycles. The highest BCUT2D eigenvalue weighted by molar-refractivity contribution is 6.02. The lowest BCUT2D eigenvalue weighted by Gasteiger charge is -2.30. The van der Waals surface area contributed by atoms with Crippen molar-refractivity contribution in [2.24, 2.45) is 5.92 Å². The molecule has 6 heteroatoms.